The molecule has 6 heteroatoms. The van der Waals surface area contributed by atoms with Crippen LogP contribution in [0, 0.1) is 11.8 Å². The molecule has 0 saturated heterocycles. The molecule has 0 bridgehead atoms. The average molecular weight is 370 g/mol. The molecule has 0 saturated carbocycles. The predicted molar refractivity (Wildman–Crippen MR) is 99.7 cm³/mol. The lowest BCUT2D eigenvalue weighted by molar-refractivity contribution is -0.162. The normalized spacial score (nSPS) is 25.1. The zero-order chi connectivity index (χ0) is 19.5. The van der Waals surface area contributed by atoms with E-state index in [2.05, 4.69) is 19.9 Å². The third-order valence-corrected chi connectivity index (χ3v) is 4.87. The van der Waals surface area contributed by atoms with Crippen molar-refractivity contribution in [1.82, 2.24) is 0 Å². The highest BCUT2D eigenvalue weighted by atomic mass is 16.7. The van der Waals surface area contributed by atoms with Crippen LogP contribution in [0.1, 0.15) is 33.6 Å². The van der Waals surface area contributed by atoms with E-state index in [0.717, 1.165) is 6.42 Å². The van der Waals surface area contributed by atoms with E-state index >= 15 is 0 Å². The fourth-order valence-corrected chi connectivity index (χ4v) is 3.45. The van der Waals surface area contributed by atoms with Gasteiger partial charge in [-0.1, -0.05) is 26.0 Å². The van der Waals surface area contributed by atoms with Crippen LogP contribution in [0.2, 0.25) is 0 Å². The zero-order valence-corrected chi connectivity index (χ0v) is 16.8. The maximum atomic E-state index is 11.7. The van der Waals surface area contributed by atoms with Crippen LogP contribution in [0.15, 0.2) is 24.3 Å². The third kappa shape index (κ3) is 6.83. The van der Waals surface area contributed by atoms with Gasteiger partial charge in [0, 0.05) is 39.7 Å². The molecule has 0 unspecified atom stereocenters. The monoisotopic (exact) mass is 370 g/mol. The number of hydrogen-bond acceptors (Lipinski definition) is 6. The lowest BCUT2D eigenvalue weighted by atomic mass is 9.84. The third-order valence-electron chi connectivity index (χ3n) is 4.87. The Labute approximate surface area is 157 Å². The first-order chi connectivity index (χ1) is 12.5. The molecular weight excluding hydrogens is 336 g/mol. The van der Waals surface area contributed by atoms with Crippen LogP contribution in [0.5, 0.6) is 0 Å². The molecule has 0 aromatic carbocycles. The van der Waals surface area contributed by atoms with Gasteiger partial charge in [-0.2, -0.15) is 0 Å². The van der Waals surface area contributed by atoms with Crippen LogP contribution in [-0.2, 0) is 28.5 Å². The molecule has 0 aliphatic carbocycles. The molecule has 0 radical (unpaired) electrons. The summed E-state index contributed by atoms with van der Waals surface area (Å²) in [5.41, 5.74) is 0. The Morgan fingerprint density at radius 1 is 1.27 bits per heavy atom. The summed E-state index contributed by atoms with van der Waals surface area (Å²) >= 11 is 0. The standard InChI is InChI=1S/C20H34O6/c1-7-8-9-14(2)20(24-6)15(3)17(25-13-22-4)12-18-16(23-5)10-11-19(21)26-18/h7-8,10-11,14-18,20H,9,12-13H2,1-6H3/b8-7+/t14-,15-,16+,17+,18+,20+/m0/s1. The van der Waals surface area contributed by atoms with Crippen molar-refractivity contribution < 1.29 is 28.5 Å². The lowest BCUT2D eigenvalue weighted by Crippen LogP contribution is -2.43. The van der Waals surface area contributed by atoms with Crippen molar-refractivity contribution in [3.63, 3.8) is 0 Å². The van der Waals surface area contributed by atoms with Gasteiger partial charge < -0.3 is 23.7 Å². The van der Waals surface area contributed by atoms with Crippen molar-refractivity contribution >= 4 is 5.97 Å². The van der Waals surface area contributed by atoms with Crippen molar-refractivity contribution in [3.8, 4) is 0 Å². The molecule has 150 valence electrons. The average Bonchev–Trinajstić information content (AvgIpc) is 2.63. The molecule has 1 aliphatic rings. The Kier molecular flexibility index (Phi) is 10.7. The zero-order valence-electron chi connectivity index (χ0n) is 16.8. The Morgan fingerprint density at radius 3 is 2.58 bits per heavy atom. The molecule has 0 aromatic heterocycles. The number of rotatable bonds is 12. The quantitative estimate of drug-likeness (QED) is 0.299. The lowest BCUT2D eigenvalue weighted by Gasteiger charge is -2.36. The van der Waals surface area contributed by atoms with Gasteiger partial charge in [-0.15, -0.1) is 0 Å². The molecule has 0 amide bonds. The predicted octanol–water partition coefficient (Wildman–Crippen LogP) is 3.12. The largest absolute Gasteiger partial charge is 0.456 e. The van der Waals surface area contributed by atoms with E-state index in [0.29, 0.717) is 12.3 Å². The van der Waals surface area contributed by atoms with Gasteiger partial charge in [-0.3, -0.25) is 0 Å². The van der Waals surface area contributed by atoms with E-state index in [-0.39, 0.29) is 37.0 Å². The minimum absolute atomic E-state index is 0.00360. The van der Waals surface area contributed by atoms with Gasteiger partial charge in [0.25, 0.3) is 0 Å². The molecule has 0 spiro atoms. The molecule has 1 aliphatic heterocycles. The van der Waals surface area contributed by atoms with Crippen molar-refractivity contribution in [2.45, 2.75) is 58.0 Å². The summed E-state index contributed by atoms with van der Waals surface area (Å²) in [5, 5.41) is 0. The minimum atomic E-state index is -0.398. The van der Waals surface area contributed by atoms with Crippen LogP contribution in [-0.4, -0.2) is 58.5 Å². The highest BCUT2D eigenvalue weighted by Crippen LogP contribution is 2.29. The van der Waals surface area contributed by atoms with Gasteiger partial charge in [-0.05, 0) is 25.3 Å². The minimum Gasteiger partial charge on any atom is -0.456 e. The molecule has 0 aromatic rings. The van der Waals surface area contributed by atoms with Crippen molar-refractivity contribution in [1.29, 1.82) is 0 Å². The van der Waals surface area contributed by atoms with Crippen molar-refractivity contribution in [3.05, 3.63) is 24.3 Å². The molecule has 0 N–H and O–H groups in total. The first-order valence-corrected chi connectivity index (χ1v) is 9.14. The van der Waals surface area contributed by atoms with Gasteiger partial charge >= 0.3 is 5.97 Å². The molecule has 26 heavy (non-hydrogen) atoms. The smallest absolute Gasteiger partial charge is 0.330 e. The second kappa shape index (κ2) is 12.2. The number of carbonyl (C=O) groups is 1. The van der Waals surface area contributed by atoms with Crippen molar-refractivity contribution in [2.75, 3.05) is 28.1 Å². The van der Waals surface area contributed by atoms with Gasteiger partial charge in [-0.25, -0.2) is 4.79 Å². The summed E-state index contributed by atoms with van der Waals surface area (Å²) in [6.45, 7) is 6.45. The van der Waals surface area contributed by atoms with Gasteiger partial charge in [0.1, 0.15) is 19.0 Å². The molecule has 0 fully saturated rings. The number of allylic oxidation sites excluding steroid dienone is 2. The Morgan fingerprint density at radius 2 is 2.00 bits per heavy atom. The Hall–Kier alpha value is -1.21. The first-order valence-electron chi connectivity index (χ1n) is 9.14. The molecule has 6 atom stereocenters. The van der Waals surface area contributed by atoms with Gasteiger partial charge in [0.05, 0.1) is 12.2 Å². The van der Waals surface area contributed by atoms with Crippen LogP contribution in [0.25, 0.3) is 0 Å². The number of hydrogen-bond donors (Lipinski definition) is 0. The van der Waals surface area contributed by atoms with Crippen LogP contribution >= 0.6 is 0 Å². The maximum absolute atomic E-state index is 11.7. The number of esters is 1. The van der Waals surface area contributed by atoms with E-state index in [1.807, 2.05) is 13.0 Å². The molecule has 1 rings (SSSR count). The fraction of sp³-hybridized carbons (Fsp3) is 0.750. The highest BCUT2D eigenvalue weighted by Gasteiger charge is 2.36. The van der Waals surface area contributed by atoms with Crippen molar-refractivity contribution in [2.24, 2.45) is 11.8 Å². The Balaban J connectivity index is 2.88. The van der Waals surface area contributed by atoms with Gasteiger partial charge in [0.2, 0.25) is 0 Å². The van der Waals surface area contributed by atoms with E-state index in [1.165, 1.54) is 6.08 Å². The summed E-state index contributed by atoms with van der Waals surface area (Å²) in [4.78, 5) is 11.7. The fourth-order valence-electron chi connectivity index (χ4n) is 3.45. The van der Waals surface area contributed by atoms with E-state index in [1.54, 1.807) is 27.4 Å². The van der Waals surface area contributed by atoms with Crippen LogP contribution in [0.3, 0.4) is 0 Å². The summed E-state index contributed by atoms with van der Waals surface area (Å²) in [6, 6.07) is 0. The van der Waals surface area contributed by atoms with Crippen LogP contribution in [0.4, 0.5) is 0 Å². The summed E-state index contributed by atoms with van der Waals surface area (Å²) in [7, 11) is 4.92. The van der Waals surface area contributed by atoms with E-state index in [4.69, 9.17) is 23.7 Å². The second-order valence-corrected chi connectivity index (χ2v) is 6.72. The topological polar surface area (TPSA) is 63.2 Å². The van der Waals surface area contributed by atoms with E-state index in [9.17, 15) is 4.79 Å². The van der Waals surface area contributed by atoms with E-state index < -0.39 is 6.10 Å². The first kappa shape index (κ1) is 22.8. The maximum Gasteiger partial charge on any atom is 0.330 e. The summed E-state index contributed by atoms with van der Waals surface area (Å²) in [5.74, 6) is 0.0515. The summed E-state index contributed by atoms with van der Waals surface area (Å²) < 4.78 is 27.7. The second-order valence-electron chi connectivity index (χ2n) is 6.72. The van der Waals surface area contributed by atoms with Gasteiger partial charge in [0.15, 0.2) is 0 Å². The highest BCUT2D eigenvalue weighted by molar-refractivity contribution is 5.83. The summed E-state index contributed by atoms with van der Waals surface area (Å²) in [6.07, 6.45) is 7.88. The molecular formula is C20H34O6. The SMILES string of the molecule is C/C=C/C[C@H](C)[C@@H](OC)[C@@H](C)[C@@H](C[C@H]1OC(=O)C=C[C@H]1OC)OCOC. The number of ether oxygens (including phenoxy) is 5. The Bertz CT molecular complexity index is 461. The number of carbonyl (C=O) groups excluding carboxylic acids is 1. The number of cyclic esters (lactones) is 1. The van der Waals surface area contributed by atoms with Crippen LogP contribution < -0.4 is 0 Å². The molecule has 6 nitrogen and oxygen atoms in total. The molecule has 1 heterocycles. The number of methoxy groups -OCH3 is 3.